The number of ether oxygens (including phenoxy) is 1. The number of hydrogen-bond donors (Lipinski definition) is 2. The molecule has 0 aliphatic rings. The molecule has 3 rings (SSSR count). The Bertz CT molecular complexity index is 1090. The number of alkyl halides is 3. The van der Waals surface area contributed by atoms with Crippen molar-refractivity contribution in [3.8, 4) is 0 Å². The lowest BCUT2D eigenvalue weighted by molar-refractivity contribution is -0.167. The van der Waals surface area contributed by atoms with E-state index in [1.807, 2.05) is 30.3 Å². The first kappa shape index (κ1) is 20.8. The number of hydrogen-bond acceptors (Lipinski definition) is 4. The summed E-state index contributed by atoms with van der Waals surface area (Å²) < 4.78 is 41.6. The van der Waals surface area contributed by atoms with E-state index in [1.165, 1.54) is 12.1 Å². The van der Waals surface area contributed by atoms with E-state index in [9.17, 15) is 27.6 Å². The van der Waals surface area contributed by atoms with Crippen molar-refractivity contribution in [2.75, 3.05) is 17.2 Å². The lowest BCUT2D eigenvalue weighted by atomic mass is 10.1. The number of esters is 1. The molecule has 154 valence electrons. The molecule has 0 fully saturated rings. The van der Waals surface area contributed by atoms with Crippen LogP contribution in [0.15, 0.2) is 66.7 Å². The van der Waals surface area contributed by atoms with Gasteiger partial charge in [0.05, 0.1) is 5.56 Å². The summed E-state index contributed by atoms with van der Waals surface area (Å²) >= 11 is 0. The van der Waals surface area contributed by atoms with Gasteiger partial charge in [-0.2, -0.15) is 13.2 Å². The molecular formula is C21H15F3N2O4. The number of rotatable bonds is 5. The minimum absolute atomic E-state index is 0.0120. The van der Waals surface area contributed by atoms with Gasteiger partial charge in [0.2, 0.25) is 0 Å². The van der Waals surface area contributed by atoms with Crippen molar-refractivity contribution in [3.05, 3.63) is 72.3 Å². The fraction of sp³-hybridized carbons (Fsp3) is 0.0952. The van der Waals surface area contributed by atoms with Gasteiger partial charge in [-0.15, -0.1) is 0 Å². The lowest BCUT2D eigenvalue weighted by Gasteiger charge is -2.10. The van der Waals surface area contributed by atoms with E-state index < -0.39 is 30.6 Å². The summed E-state index contributed by atoms with van der Waals surface area (Å²) in [5, 5.41) is 6.09. The second kappa shape index (κ2) is 8.64. The zero-order valence-electron chi connectivity index (χ0n) is 15.3. The molecule has 0 radical (unpaired) electrons. The van der Waals surface area contributed by atoms with Gasteiger partial charge in [-0.1, -0.05) is 36.4 Å². The summed E-state index contributed by atoms with van der Waals surface area (Å²) in [6.45, 7) is -0.547. The molecule has 0 spiro atoms. The molecule has 0 aliphatic heterocycles. The van der Waals surface area contributed by atoms with Crippen molar-refractivity contribution in [2.24, 2.45) is 0 Å². The van der Waals surface area contributed by atoms with Gasteiger partial charge >= 0.3 is 18.1 Å². The Labute approximate surface area is 168 Å². The Morgan fingerprint density at radius 2 is 1.50 bits per heavy atom. The highest BCUT2D eigenvalue weighted by atomic mass is 19.4. The van der Waals surface area contributed by atoms with E-state index in [1.54, 1.807) is 17.4 Å². The maximum atomic E-state index is 12.2. The zero-order chi connectivity index (χ0) is 21.7. The van der Waals surface area contributed by atoms with Crippen LogP contribution < -0.4 is 10.6 Å². The van der Waals surface area contributed by atoms with Crippen molar-refractivity contribution >= 4 is 39.9 Å². The number of carbonyl (C=O) groups excluding carboxylic acids is 3. The van der Waals surface area contributed by atoms with Crippen LogP contribution in [0.3, 0.4) is 0 Å². The van der Waals surface area contributed by atoms with Crippen molar-refractivity contribution < 1.29 is 32.3 Å². The van der Waals surface area contributed by atoms with Crippen molar-refractivity contribution in [3.63, 3.8) is 0 Å². The molecule has 0 bridgehead atoms. The molecule has 30 heavy (non-hydrogen) atoms. The first-order valence-electron chi connectivity index (χ1n) is 8.67. The molecule has 3 aromatic rings. The number of benzene rings is 3. The molecule has 6 nitrogen and oxygen atoms in total. The summed E-state index contributed by atoms with van der Waals surface area (Å²) in [5.41, 5.74) is 0.444. The molecule has 9 heteroatoms. The maximum Gasteiger partial charge on any atom is 0.471 e. The Hall–Kier alpha value is -3.88. The van der Waals surface area contributed by atoms with E-state index in [0.29, 0.717) is 5.69 Å². The van der Waals surface area contributed by atoms with Crippen LogP contribution in [0.4, 0.5) is 24.5 Å². The highest BCUT2D eigenvalue weighted by Gasteiger charge is 2.38. The van der Waals surface area contributed by atoms with Crippen molar-refractivity contribution in [1.82, 2.24) is 0 Å². The number of fused-ring (bicyclic) bond motifs is 1. The topological polar surface area (TPSA) is 84.5 Å². The Morgan fingerprint density at radius 3 is 2.20 bits per heavy atom. The van der Waals surface area contributed by atoms with E-state index in [0.717, 1.165) is 22.9 Å². The third-order valence-electron chi connectivity index (χ3n) is 4.03. The van der Waals surface area contributed by atoms with Crippen LogP contribution in [-0.4, -0.2) is 30.6 Å². The summed E-state index contributed by atoms with van der Waals surface area (Å²) in [6, 6.07) is 17.4. The van der Waals surface area contributed by atoms with Gasteiger partial charge in [-0.3, -0.25) is 9.59 Å². The monoisotopic (exact) mass is 416 g/mol. The first-order valence-corrected chi connectivity index (χ1v) is 8.67. The van der Waals surface area contributed by atoms with E-state index in [2.05, 4.69) is 5.32 Å². The van der Waals surface area contributed by atoms with Gasteiger partial charge in [-0.05, 0) is 35.7 Å². The quantitative estimate of drug-likeness (QED) is 0.613. The minimum Gasteiger partial charge on any atom is -0.452 e. The summed E-state index contributed by atoms with van der Waals surface area (Å²) in [4.78, 5) is 35.0. The summed E-state index contributed by atoms with van der Waals surface area (Å²) in [6.07, 6.45) is -5.02. The van der Waals surface area contributed by atoms with Gasteiger partial charge in [0, 0.05) is 16.8 Å². The molecule has 0 atom stereocenters. The average Bonchev–Trinajstić information content (AvgIpc) is 2.72. The number of nitrogens with one attached hydrogen (secondary N) is 2. The molecule has 0 aromatic heterocycles. The smallest absolute Gasteiger partial charge is 0.452 e. The SMILES string of the molecule is O=C(COC(=O)c1ccc(NC(=O)C(F)(F)F)cc1)Nc1cccc2ccccc12. The van der Waals surface area contributed by atoms with Crippen LogP contribution in [-0.2, 0) is 14.3 Å². The van der Waals surface area contributed by atoms with Gasteiger partial charge in [-0.25, -0.2) is 4.79 Å². The minimum atomic E-state index is -5.02. The number of anilines is 2. The molecule has 2 amide bonds. The fourth-order valence-electron chi connectivity index (χ4n) is 2.63. The fourth-order valence-corrected chi connectivity index (χ4v) is 2.63. The van der Waals surface area contributed by atoms with Gasteiger partial charge < -0.3 is 15.4 Å². The number of halogens is 3. The first-order chi connectivity index (χ1) is 14.2. The molecule has 2 N–H and O–H groups in total. The van der Waals surface area contributed by atoms with Crippen molar-refractivity contribution in [2.45, 2.75) is 6.18 Å². The Morgan fingerprint density at radius 1 is 0.833 bits per heavy atom. The summed E-state index contributed by atoms with van der Waals surface area (Å²) in [5.74, 6) is -3.51. The van der Waals surface area contributed by atoms with Crippen LogP contribution in [0.25, 0.3) is 10.8 Å². The standard InChI is InChI=1S/C21H15F3N2O4/c22-21(23,24)20(29)25-15-10-8-14(9-11-15)19(28)30-12-18(27)26-17-7-3-5-13-4-1-2-6-16(13)17/h1-11H,12H2,(H,25,29)(H,26,27). The highest BCUT2D eigenvalue weighted by molar-refractivity contribution is 6.03. The average molecular weight is 416 g/mol. The third-order valence-corrected chi connectivity index (χ3v) is 4.03. The molecule has 0 saturated heterocycles. The van der Waals surface area contributed by atoms with Gasteiger partial charge in [0.25, 0.3) is 5.91 Å². The molecule has 0 unspecified atom stereocenters. The lowest BCUT2D eigenvalue weighted by Crippen LogP contribution is -2.29. The molecule has 3 aromatic carbocycles. The van der Waals surface area contributed by atoms with E-state index >= 15 is 0 Å². The predicted octanol–water partition coefficient (Wildman–Crippen LogP) is 4.14. The number of amides is 2. The Balaban J connectivity index is 1.56. The van der Waals surface area contributed by atoms with Crippen LogP contribution in [0.2, 0.25) is 0 Å². The zero-order valence-corrected chi connectivity index (χ0v) is 15.3. The normalized spacial score (nSPS) is 11.0. The van der Waals surface area contributed by atoms with Crippen molar-refractivity contribution in [1.29, 1.82) is 0 Å². The van der Waals surface area contributed by atoms with Gasteiger partial charge in [0.15, 0.2) is 6.61 Å². The van der Waals surface area contributed by atoms with E-state index in [4.69, 9.17) is 4.74 Å². The molecule has 0 heterocycles. The summed E-state index contributed by atoms with van der Waals surface area (Å²) in [7, 11) is 0. The molecule has 0 saturated carbocycles. The van der Waals surface area contributed by atoms with Crippen LogP contribution >= 0.6 is 0 Å². The molecule has 0 aliphatic carbocycles. The second-order valence-electron chi connectivity index (χ2n) is 6.18. The Kier molecular flexibility index (Phi) is 6.01. The number of carbonyl (C=O) groups is 3. The second-order valence-corrected chi connectivity index (χ2v) is 6.18. The van der Waals surface area contributed by atoms with Crippen LogP contribution in [0.5, 0.6) is 0 Å². The molecular weight excluding hydrogens is 401 g/mol. The third kappa shape index (κ3) is 5.13. The van der Waals surface area contributed by atoms with Crippen LogP contribution in [0.1, 0.15) is 10.4 Å². The van der Waals surface area contributed by atoms with Crippen LogP contribution in [0, 0.1) is 0 Å². The van der Waals surface area contributed by atoms with E-state index in [-0.39, 0.29) is 11.3 Å². The predicted molar refractivity (Wildman–Crippen MR) is 104 cm³/mol. The van der Waals surface area contributed by atoms with Gasteiger partial charge in [0.1, 0.15) is 0 Å². The maximum absolute atomic E-state index is 12.2. The highest BCUT2D eigenvalue weighted by Crippen LogP contribution is 2.23. The largest absolute Gasteiger partial charge is 0.471 e.